The molecule has 0 heterocycles. The molecule has 0 rings (SSSR count). The van der Waals surface area contributed by atoms with Crippen LogP contribution < -0.4 is 0 Å². The third-order valence-corrected chi connectivity index (χ3v) is 5.32. The highest BCUT2D eigenvalue weighted by atomic mass is 16.6. The van der Waals surface area contributed by atoms with Crippen molar-refractivity contribution in [3.05, 3.63) is 75.9 Å². The van der Waals surface area contributed by atoms with Crippen LogP contribution in [0.4, 0.5) is 0 Å². The quantitative estimate of drug-likeness (QED) is 0.0913. The Morgan fingerprint density at radius 1 is 0.486 bits per heavy atom. The highest BCUT2D eigenvalue weighted by Gasteiger charge is 2.38. The molecule has 0 aromatic rings. The number of carbonyl (C=O) groups excluding carboxylic acids is 4. The molecule has 0 bridgehead atoms. The Hall–Kier alpha value is -3.72. The molecule has 0 aromatic carbocycles. The Labute approximate surface area is 219 Å². The van der Waals surface area contributed by atoms with Crippen molar-refractivity contribution in [3.63, 3.8) is 0 Å². The van der Waals surface area contributed by atoms with Gasteiger partial charge in [0.2, 0.25) is 0 Å². The van der Waals surface area contributed by atoms with Gasteiger partial charge < -0.3 is 23.7 Å². The average Bonchev–Trinajstić information content (AvgIpc) is 2.92. The number of hydrogen-bond donors (Lipinski definition) is 0. The predicted molar refractivity (Wildman–Crippen MR) is 139 cm³/mol. The van der Waals surface area contributed by atoms with Gasteiger partial charge in [0.1, 0.15) is 19.8 Å². The van der Waals surface area contributed by atoms with Gasteiger partial charge in [-0.1, -0.05) is 38.5 Å². The fraction of sp³-hybridized carbons (Fsp3) is 0.429. The lowest BCUT2D eigenvalue weighted by atomic mass is 9.80. The fourth-order valence-electron chi connectivity index (χ4n) is 3.14. The summed E-state index contributed by atoms with van der Waals surface area (Å²) in [6, 6.07) is 0. The monoisotopic (exact) mass is 518 g/mol. The summed E-state index contributed by atoms with van der Waals surface area (Å²) >= 11 is 0. The largest absolute Gasteiger partial charge is 0.462 e. The molecule has 0 aliphatic rings. The van der Waals surface area contributed by atoms with Crippen LogP contribution in [0.5, 0.6) is 0 Å². The summed E-state index contributed by atoms with van der Waals surface area (Å²) in [5.74, 6) is -2.74. The molecule has 0 radical (unpaired) electrons. The minimum Gasteiger partial charge on any atom is -0.462 e. The van der Waals surface area contributed by atoms with Crippen LogP contribution in [0.1, 0.15) is 25.7 Å². The average molecular weight is 519 g/mol. The maximum atomic E-state index is 11.8. The van der Waals surface area contributed by atoms with Gasteiger partial charge in [-0.25, -0.2) is 19.2 Å². The Morgan fingerprint density at radius 3 is 1.08 bits per heavy atom. The highest BCUT2D eigenvalue weighted by Crippen LogP contribution is 2.33. The Bertz CT molecular complexity index is 769. The Balaban J connectivity index is 5.99. The molecule has 0 atom stereocenters. The molecular weight excluding hydrogens is 480 g/mol. The van der Waals surface area contributed by atoms with Gasteiger partial charge in [-0.2, -0.15) is 0 Å². The Kier molecular flexibility index (Phi) is 16.7. The molecule has 9 nitrogen and oxygen atoms in total. The molecule has 0 spiro atoms. The molecule has 0 N–H and O–H groups in total. The van der Waals surface area contributed by atoms with Gasteiger partial charge in [0, 0.05) is 29.7 Å². The second kappa shape index (κ2) is 18.5. The van der Waals surface area contributed by atoms with Crippen molar-refractivity contribution in [3.8, 4) is 0 Å². The van der Waals surface area contributed by atoms with Crippen LogP contribution in [-0.4, -0.2) is 63.5 Å². The molecule has 37 heavy (non-hydrogen) atoms. The first kappa shape index (κ1) is 33.3. The minimum atomic E-state index is -1.27. The molecule has 0 unspecified atom stereocenters. The van der Waals surface area contributed by atoms with Gasteiger partial charge in [-0.15, -0.1) is 13.2 Å². The second-order valence-electron chi connectivity index (χ2n) is 8.39. The maximum absolute atomic E-state index is 11.8. The molecule has 204 valence electrons. The van der Waals surface area contributed by atoms with Gasteiger partial charge in [-0.05, 0) is 25.7 Å². The van der Waals surface area contributed by atoms with Crippen LogP contribution in [0.15, 0.2) is 75.9 Å². The van der Waals surface area contributed by atoms with Crippen LogP contribution in [-0.2, 0) is 42.9 Å². The number of rotatable bonds is 22. The summed E-state index contributed by atoms with van der Waals surface area (Å²) in [7, 11) is 0. The van der Waals surface area contributed by atoms with Crippen molar-refractivity contribution < 1.29 is 42.9 Å². The third-order valence-electron chi connectivity index (χ3n) is 5.32. The van der Waals surface area contributed by atoms with E-state index in [-0.39, 0.29) is 39.6 Å². The molecule has 0 aliphatic heterocycles. The molecule has 0 amide bonds. The van der Waals surface area contributed by atoms with Crippen molar-refractivity contribution in [1.29, 1.82) is 0 Å². The number of ether oxygens (including phenoxy) is 5. The summed E-state index contributed by atoms with van der Waals surface area (Å²) in [4.78, 5) is 47.2. The first-order chi connectivity index (χ1) is 17.6. The van der Waals surface area contributed by atoms with Crippen molar-refractivity contribution in [2.45, 2.75) is 25.7 Å². The van der Waals surface area contributed by atoms with E-state index in [9.17, 15) is 19.2 Å². The predicted octanol–water partition coefficient (Wildman–Crippen LogP) is 3.83. The molecule has 0 aromatic heterocycles. The zero-order valence-electron chi connectivity index (χ0n) is 21.5. The third kappa shape index (κ3) is 13.8. The minimum absolute atomic E-state index is 0.0505. The number of carbonyl (C=O) groups is 4. The number of hydrogen-bond acceptors (Lipinski definition) is 9. The topological polar surface area (TPSA) is 114 Å². The van der Waals surface area contributed by atoms with Crippen molar-refractivity contribution in [2.24, 2.45) is 10.8 Å². The van der Waals surface area contributed by atoms with Gasteiger partial charge in [0.05, 0.1) is 25.2 Å². The van der Waals surface area contributed by atoms with Crippen LogP contribution in [0.25, 0.3) is 0 Å². The van der Waals surface area contributed by atoms with Crippen LogP contribution in [0, 0.1) is 10.8 Å². The fourth-order valence-corrected chi connectivity index (χ4v) is 3.14. The van der Waals surface area contributed by atoms with Gasteiger partial charge in [0.15, 0.2) is 0 Å². The lowest BCUT2D eigenvalue weighted by Gasteiger charge is -2.36. The number of allylic oxidation sites excluding steroid dienone is 2. The van der Waals surface area contributed by atoms with Crippen LogP contribution in [0.3, 0.4) is 0 Å². The van der Waals surface area contributed by atoms with Crippen molar-refractivity contribution in [2.75, 3.05) is 39.6 Å². The van der Waals surface area contributed by atoms with Crippen molar-refractivity contribution >= 4 is 23.9 Å². The van der Waals surface area contributed by atoms with Crippen molar-refractivity contribution in [1.82, 2.24) is 0 Å². The highest BCUT2D eigenvalue weighted by molar-refractivity contribution is 5.82. The molecule has 9 heteroatoms. The maximum Gasteiger partial charge on any atom is 0.330 e. The van der Waals surface area contributed by atoms with Gasteiger partial charge >= 0.3 is 23.9 Å². The zero-order chi connectivity index (χ0) is 28.2. The van der Waals surface area contributed by atoms with E-state index >= 15 is 0 Å². The summed E-state index contributed by atoms with van der Waals surface area (Å²) in [6.07, 6.45) is 9.93. The van der Waals surface area contributed by atoms with Gasteiger partial charge in [0.25, 0.3) is 0 Å². The lowest BCUT2D eigenvalue weighted by Crippen LogP contribution is -2.44. The number of esters is 4. The first-order valence-electron chi connectivity index (χ1n) is 11.6. The van der Waals surface area contributed by atoms with E-state index in [2.05, 4.69) is 39.5 Å². The van der Waals surface area contributed by atoms with E-state index in [1.807, 2.05) is 0 Å². The second-order valence-corrected chi connectivity index (χ2v) is 8.39. The lowest BCUT2D eigenvalue weighted by molar-refractivity contribution is -0.163. The standard InChI is InChI=1S/C28H38O9/c1-7-13-15-27(16-14-8-2,19-34-23(29)9-3)17-33-18-28(20-35-24(30)10-4,21-36-25(31)11-5)22-37-26(32)12-6/h7-12H,1-6,13-22H2. The van der Waals surface area contributed by atoms with E-state index in [4.69, 9.17) is 23.7 Å². The zero-order valence-corrected chi connectivity index (χ0v) is 21.5. The van der Waals surface area contributed by atoms with E-state index in [1.165, 1.54) is 0 Å². The van der Waals surface area contributed by atoms with Crippen LogP contribution >= 0.6 is 0 Å². The Morgan fingerprint density at radius 2 is 0.784 bits per heavy atom. The van der Waals surface area contributed by atoms with E-state index in [1.54, 1.807) is 12.2 Å². The summed E-state index contributed by atoms with van der Waals surface area (Å²) < 4.78 is 27.1. The first-order valence-corrected chi connectivity index (χ1v) is 11.6. The summed E-state index contributed by atoms with van der Waals surface area (Å²) in [5.41, 5.74) is -1.88. The smallest absolute Gasteiger partial charge is 0.330 e. The van der Waals surface area contributed by atoms with Gasteiger partial charge in [-0.3, -0.25) is 0 Å². The van der Waals surface area contributed by atoms with E-state index in [0.29, 0.717) is 25.7 Å². The summed E-state index contributed by atoms with van der Waals surface area (Å²) in [5, 5.41) is 0. The molecular formula is C28H38O9. The molecule has 0 aliphatic carbocycles. The summed E-state index contributed by atoms with van der Waals surface area (Å²) in [6.45, 7) is 20.1. The van der Waals surface area contributed by atoms with E-state index < -0.39 is 34.7 Å². The van der Waals surface area contributed by atoms with E-state index in [0.717, 1.165) is 24.3 Å². The molecule has 0 saturated heterocycles. The molecule has 0 saturated carbocycles. The van der Waals surface area contributed by atoms with Crippen LogP contribution in [0.2, 0.25) is 0 Å². The SMILES string of the molecule is C=CCCC(CCC=C)(COCC(COC(=O)C=C)(COC(=O)C=C)COC(=O)C=C)COC(=O)C=C. The molecule has 0 fully saturated rings. The normalized spacial score (nSPS) is 10.8.